The molecule has 0 saturated heterocycles. The summed E-state index contributed by atoms with van der Waals surface area (Å²) in [6.45, 7) is -1.61. The average Bonchev–Trinajstić information content (AvgIpc) is 2.87. The summed E-state index contributed by atoms with van der Waals surface area (Å²) in [5, 5.41) is 2.52. The highest BCUT2D eigenvalue weighted by Gasteiger charge is 2.30. The van der Waals surface area contributed by atoms with Gasteiger partial charge in [-0.15, -0.1) is 0 Å². The SMILES string of the molecule is O=C1NCc2c1ccc(=O)n2-c1ccc(F)cc1OCC(F)(F)F. The number of hydrogen-bond acceptors (Lipinski definition) is 3. The summed E-state index contributed by atoms with van der Waals surface area (Å²) in [5.41, 5.74) is -0.149. The van der Waals surface area contributed by atoms with Crippen LogP contribution in [0.2, 0.25) is 0 Å². The standard InChI is InChI=1S/C15H10F4N2O3/c16-8-1-3-10(12(5-8)24-7-15(17,18)19)21-11-6-20-14(23)9(11)2-4-13(21)22/h1-5H,6-7H2,(H,20,23). The number of rotatable bonds is 3. The van der Waals surface area contributed by atoms with Gasteiger partial charge in [-0.05, 0) is 18.2 Å². The third-order valence-electron chi connectivity index (χ3n) is 3.41. The van der Waals surface area contributed by atoms with Crippen molar-refractivity contribution in [1.29, 1.82) is 0 Å². The van der Waals surface area contributed by atoms with E-state index in [1.165, 1.54) is 6.07 Å². The van der Waals surface area contributed by atoms with Gasteiger partial charge in [-0.25, -0.2) is 4.39 Å². The zero-order chi connectivity index (χ0) is 17.5. The van der Waals surface area contributed by atoms with Crippen LogP contribution >= 0.6 is 0 Å². The van der Waals surface area contributed by atoms with Crippen molar-refractivity contribution in [3.63, 3.8) is 0 Å². The number of carbonyl (C=O) groups excluding carboxylic acids is 1. The molecule has 1 aromatic carbocycles. The largest absolute Gasteiger partial charge is 0.482 e. The molecule has 1 aliphatic rings. The average molecular weight is 342 g/mol. The van der Waals surface area contributed by atoms with Gasteiger partial charge >= 0.3 is 6.18 Å². The topological polar surface area (TPSA) is 60.3 Å². The van der Waals surface area contributed by atoms with Gasteiger partial charge in [-0.1, -0.05) is 0 Å². The first-order valence-electron chi connectivity index (χ1n) is 6.79. The smallest absolute Gasteiger partial charge is 0.422 e. The lowest BCUT2D eigenvalue weighted by Crippen LogP contribution is -2.24. The van der Waals surface area contributed by atoms with Gasteiger partial charge in [0.1, 0.15) is 11.6 Å². The maximum atomic E-state index is 13.4. The summed E-state index contributed by atoms with van der Waals surface area (Å²) >= 11 is 0. The Balaban J connectivity index is 2.14. The molecule has 24 heavy (non-hydrogen) atoms. The van der Waals surface area contributed by atoms with Gasteiger partial charge < -0.3 is 10.1 Å². The number of nitrogens with zero attached hydrogens (tertiary/aromatic N) is 1. The van der Waals surface area contributed by atoms with Crippen LogP contribution in [-0.2, 0) is 6.54 Å². The second-order valence-electron chi connectivity index (χ2n) is 5.07. The van der Waals surface area contributed by atoms with Crippen molar-refractivity contribution in [1.82, 2.24) is 9.88 Å². The van der Waals surface area contributed by atoms with Crippen LogP contribution in [-0.4, -0.2) is 23.3 Å². The number of pyridine rings is 1. The van der Waals surface area contributed by atoms with E-state index in [2.05, 4.69) is 10.1 Å². The Morgan fingerprint density at radius 2 is 1.92 bits per heavy atom. The summed E-state index contributed by atoms with van der Waals surface area (Å²) in [5.74, 6) is -1.66. The molecule has 1 aromatic heterocycles. The number of benzene rings is 1. The Bertz CT molecular complexity index is 874. The molecule has 2 aromatic rings. The van der Waals surface area contributed by atoms with Crippen molar-refractivity contribution in [3.05, 3.63) is 57.8 Å². The lowest BCUT2D eigenvalue weighted by molar-refractivity contribution is -0.153. The number of amides is 1. The summed E-state index contributed by atoms with van der Waals surface area (Å²) in [6.07, 6.45) is -4.62. The third kappa shape index (κ3) is 2.97. The summed E-state index contributed by atoms with van der Waals surface area (Å²) in [4.78, 5) is 23.9. The van der Waals surface area contributed by atoms with Gasteiger partial charge in [0.2, 0.25) is 0 Å². The quantitative estimate of drug-likeness (QED) is 0.870. The van der Waals surface area contributed by atoms with Crippen molar-refractivity contribution >= 4 is 5.91 Å². The Kier molecular flexibility index (Phi) is 3.78. The molecule has 126 valence electrons. The monoisotopic (exact) mass is 342 g/mol. The fourth-order valence-corrected chi connectivity index (χ4v) is 2.43. The number of nitrogens with one attached hydrogen (secondary N) is 1. The summed E-state index contributed by atoms with van der Waals surface area (Å²) in [6, 6.07) is 5.32. The molecule has 0 unspecified atom stereocenters. The number of carbonyl (C=O) groups is 1. The van der Waals surface area contributed by atoms with Crippen LogP contribution in [0, 0.1) is 5.82 Å². The number of halogens is 4. The molecule has 0 saturated carbocycles. The molecule has 1 aliphatic heterocycles. The lowest BCUT2D eigenvalue weighted by atomic mass is 10.2. The number of aromatic nitrogens is 1. The van der Waals surface area contributed by atoms with E-state index in [0.29, 0.717) is 0 Å². The summed E-state index contributed by atoms with van der Waals surface area (Å²) in [7, 11) is 0. The minimum Gasteiger partial charge on any atom is -0.482 e. The van der Waals surface area contributed by atoms with Gasteiger partial charge in [0.05, 0.1) is 23.5 Å². The van der Waals surface area contributed by atoms with Gasteiger partial charge in [0, 0.05) is 12.1 Å². The first-order chi connectivity index (χ1) is 11.3. The first kappa shape index (κ1) is 16.0. The van der Waals surface area contributed by atoms with Crippen molar-refractivity contribution in [2.45, 2.75) is 12.7 Å². The van der Waals surface area contributed by atoms with E-state index in [4.69, 9.17) is 0 Å². The molecule has 5 nitrogen and oxygen atoms in total. The zero-order valence-electron chi connectivity index (χ0n) is 12.0. The van der Waals surface area contributed by atoms with Crippen LogP contribution in [0.15, 0.2) is 35.1 Å². The predicted molar refractivity (Wildman–Crippen MR) is 74.7 cm³/mol. The Labute approximate surface area is 132 Å². The Hall–Kier alpha value is -2.84. The minimum atomic E-state index is -4.62. The molecular weight excluding hydrogens is 332 g/mol. The van der Waals surface area contributed by atoms with E-state index < -0.39 is 35.8 Å². The van der Waals surface area contributed by atoms with Crippen molar-refractivity contribution in [2.75, 3.05) is 6.61 Å². The fraction of sp³-hybridized carbons (Fsp3) is 0.200. The number of hydrogen-bond donors (Lipinski definition) is 1. The summed E-state index contributed by atoms with van der Waals surface area (Å²) < 4.78 is 56.2. The lowest BCUT2D eigenvalue weighted by Gasteiger charge is -2.16. The molecule has 0 radical (unpaired) electrons. The van der Waals surface area contributed by atoms with E-state index in [1.54, 1.807) is 0 Å². The molecule has 0 atom stereocenters. The Morgan fingerprint density at radius 1 is 1.17 bits per heavy atom. The molecule has 1 amide bonds. The molecule has 9 heteroatoms. The predicted octanol–water partition coefficient (Wildman–Crippen LogP) is 2.16. The first-order valence-corrected chi connectivity index (χ1v) is 6.79. The highest BCUT2D eigenvalue weighted by molar-refractivity contribution is 5.97. The third-order valence-corrected chi connectivity index (χ3v) is 3.41. The number of ether oxygens (including phenoxy) is 1. The molecule has 0 aliphatic carbocycles. The van der Waals surface area contributed by atoms with Crippen LogP contribution in [0.3, 0.4) is 0 Å². The molecule has 2 heterocycles. The minimum absolute atomic E-state index is 0.0281. The van der Waals surface area contributed by atoms with Crippen molar-refractivity contribution in [2.24, 2.45) is 0 Å². The highest BCUT2D eigenvalue weighted by Crippen LogP contribution is 2.28. The van der Waals surface area contributed by atoms with E-state index in [9.17, 15) is 27.2 Å². The molecule has 3 rings (SSSR count). The zero-order valence-corrected chi connectivity index (χ0v) is 12.0. The molecule has 0 spiro atoms. The van der Waals surface area contributed by atoms with E-state index in [1.807, 2.05) is 0 Å². The van der Waals surface area contributed by atoms with Gasteiger partial charge in [0.15, 0.2) is 6.61 Å². The number of fused-ring (bicyclic) bond motifs is 1. The second-order valence-corrected chi connectivity index (χ2v) is 5.07. The van der Waals surface area contributed by atoms with Crippen LogP contribution in [0.4, 0.5) is 17.6 Å². The molecule has 0 fully saturated rings. The van der Waals surface area contributed by atoms with Gasteiger partial charge in [-0.2, -0.15) is 13.2 Å². The fourth-order valence-electron chi connectivity index (χ4n) is 2.43. The van der Waals surface area contributed by atoms with Crippen LogP contribution < -0.4 is 15.6 Å². The van der Waals surface area contributed by atoms with Crippen LogP contribution in [0.1, 0.15) is 16.1 Å². The van der Waals surface area contributed by atoms with Crippen LogP contribution in [0.5, 0.6) is 5.75 Å². The molecule has 1 N–H and O–H groups in total. The maximum Gasteiger partial charge on any atom is 0.422 e. The molecule has 0 bridgehead atoms. The second kappa shape index (κ2) is 5.66. The van der Waals surface area contributed by atoms with Crippen LogP contribution in [0.25, 0.3) is 5.69 Å². The molecular formula is C15H10F4N2O3. The van der Waals surface area contributed by atoms with Gasteiger partial charge in [-0.3, -0.25) is 14.2 Å². The van der Waals surface area contributed by atoms with Crippen molar-refractivity contribution < 1.29 is 27.1 Å². The highest BCUT2D eigenvalue weighted by atomic mass is 19.4. The van der Waals surface area contributed by atoms with E-state index >= 15 is 0 Å². The number of alkyl halides is 3. The van der Waals surface area contributed by atoms with E-state index in [-0.39, 0.29) is 23.5 Å². The van der Waals surface area contributed by atoms with Gasteiger partial charge in [0.25, 0.3) is 11.5 Å². The normalized spacial score (nSPS) is 13.6. The maximum absolute atomic E-state index is 13.4. The van der Waals surface area contributed by atoms with E-state index in [0.717, 1.165) is 28.8 Å². The Morgan fingerprint density at radius 3 is 2.62 bits per heavy atom. The van der Waals surface area contributed by atoms with Crippen molar-refractivity contribution in [3.8, 4) is 11.4 Å².